The summed E-state index contributed by atoms with van der Waals surface area (Å²) in [7, 11) is 0. The molecule has 4 aliphatic carbocycles. The van der Waals surface area contributed by atoms with Crippen molar-refractivity contribution in [3.63, 3.8) is 0 Å². The standard InChI is InChI=1S/C20H22F2O4/c21-15-2-1-3-16(22)17(15)18(23)25-4-5-26-19(24)20-9-12-6-13(10-20)8-14(7-12)11-20/h1-3,12-14H,4-11H2. The number of benzene rings is 1. The van der Waals surface area contributed by atoms with Crippen molar-refractivity contribution >= 4 is 11.9 Å². The fourth-order valence-electron chi connectivity index (χ4n) is 5.55. The number of carbonyl (C=O) groups excluding carboxylic acids is 2. The molecule has 0 heterocycles. The smallest absolute Gasteiger partial charge is 0.344 e. The summed E-state index contributed by atoms with van der Waals surface area (Å²) in [6.45, 7) is -0.312. The molecule has 0 unspecified atom stereocenters. The molecule has 4 nitrogen and oxygen atoms in total. The first-order valence-electron chi connectivity index (χ1n) is 9.25. The van der Waals surface area contributed by atoms with Crippen molar-refractivity contribution in [1.29, 1.82) is 0 Å². The molecule has 5 rings (SSSR count). The zero-order valence-electron chi connectivity index (χ0n) is 14.5. The maximum absolute atomic E-state index is 13.5. The van der Waals surface area contributed by atoms with E-state index in [0.717, 1.165) is 31.4 Å². The topological polar surface area (TPSA) is 52.6 Å². The molecular weight excluding hydrogens is 342 g/mol. The second kappa shape index (κ2) is 6.63. The first-order chi connectivity index (χ1) is 12.5. The van der Waals surface area contributed by atoms with E-state index in [2.05, 4.69) is 0 Å². The fraction of sp³-hybridized carbons (Fsp3) is 0.600. The van der Waals surface area contributed by atoms with Gasteiger partial charge in [0.1, 0.15) is 30.4 Å². The molecule has 0 radical (unpaired) electrons. The highest BCUT2D eigenvalue weighted by atomic mass is 19.1. The van der Waals surface area contributed by atoms with Crippen LogP contribution in [0.3, 0.4) is 0 Å². The summed E-state index contributed by atoms with van der Waals surface area (Å²) in [5, 5.41) is 0. The molecule has 4 bridgehead atoms. The molecule has 26 heavy (non-hydrogen) atoms. The fourth-order valence-corrected chi connectivity index (χ4v) is 5.55. The van der Waals surface area contributed by atoms with Crippen molar-refractivity contribution in [2.75, 3.05) is 13.2 Å². The SMILES string of the molecule is O=C(OCCOC(=O)C12CC3CC(CC(C3)C1)C2)c1c(F)cccc1F. The van der Waals surface area contributed by atoms with E-state index in [4.69, 9.17) is 9.47 Å². The zero-order valence-corrected chi connectivity index (χ0v) is 14.5. The molecule has 0 aliphatic heterocycles. The Hall–Kier alpha value is -1.98. The quantitative estimate of drug-likeness (QED) is 0.588. The Kier molecular flexibility index (Phi) is 4.45. The van der Waals surface area contributed by atoms with E-state index < -0.39 is 23.2 Å². The second-order valence-corrected chi connectivity index (χ2v) is 8.07. The van der Waals surface area contributed by atoms with E-state index in [1.165, 1.54) is 25.3 Å². The van der Waals surface area contributed by atoms with Gasteiger partial charge in [-0.05, 0) is 68.4 Å². The largest absolute Gasteiger partial charge is 0.462 e. The molecular formula is C20H22F2O4. The van der Waals surface area contributed by atoms with E-state index in [-0.39, 0.29) is 24.6 Å². The molecule has 1 aromatic rings. The maximum Gasteiger partial charge on any atom is 0.344 e. The third-order valence-corrected chi connectivity index (χ3v) is 6.19. The highest BCUT2D eigenvalue weighted by Crippen LogP contribution is 2.60. The van der Waals surface area contributed by atoms with Crippen molar-refractivity contribution in [2.45, 2.75) is 38.5 Å². The highest BCUT2D eigenvalue weighted by molar-refractivity contribution is 5.90. The Morgan fingerprint density at radius 3 is 1.96 bits per heavy atom. The molecule has 0 aromatic heterocycles. The molecule has 0 amide bonds. The molecule has 1 aromatic carbocycles. The lowest BCUT2D eigenvalue weighted by Crippen LogP contribution is -2.50. The lowest BCUT2D eigenvalue weighted by molar-refractivity contribution is -0.172. The average molecular weight is 364 g/mol. The number of hydrogen-bond donors (Lipinski definition) is 0. The van der Waals surface area contributed by atoms with Gasteiger partial charge in [0.2, 0.25) is 0 Å². The Morgan fingerprint density at radius 1 is 0.923 bits per heavy atom. The number of halogens is 2. The van der Waals surface area contributed by atoms with Gasteiger partial charge in [0.15, 0.2) is 0 Å². The summed E-state index contributed by atoms with van der Waals surface area (Å²) in [4.78, 5) is 24.4. The number of ether oxygens (including phenoxy) is 2. The van der Waals surface area contributed by atoms with Crippen LogP contribution in [0.2, 0.25) is 0 Å². The molecule has 4 aliphatic rings. The van der Waals surface area contributed by atoms with Gasteiger partial charge in [-0.1, -0.05) is 6.07 Å². The van der Waals surface area contributed by atoms with Gasteiger partial charge in [-0.3, -0.25) is 4.79 Å². The summed E-state index contributed by atoms with van der Waals surface area (Å²) >= 11 is 0. The predicted molar refractivity (Wildman–Crippen MR) is 88.2 cm³/mol. The average Bonchev–Trinajstić information content (AvgIpc) is 2.57. The van der Waals surface area contributed by atoms with Gasteiger partial charge in [0, 0.05) is 0 Å². The van der Waals surface area contributed by atoms with E-state index >= 15 is 0 Å². The second-order valence-electron chi connectivity index (χ2n) is 8.07. The van der Waals surface area contributed by atoms with Crippen LogP contribution < -0.4 is 0 Å². The Balaban J connectivity index is 1.29. The van der Waals surface area contributed by atoms with Crippen LogP contribution in [0.5, 0.6) is 0 Å². The first-order valence-corrected chi connectivity index (χ1v) is 9.25. The van der Waals surface area contributed by atoms with Crippen LogP contribution in [0.25, 0.3) is 0 Å². The van der Waals surface area contributed by atoms with E-state index in [0.29, 0.717) is 17.8 Å². The summed E-state index contributed by atoms with van der Waals surface area (Å²) < 4.78 is 37.3. The molecule has 0 N–H and O–H groups in total. The summed E-state index contributed by atoms with van der Waals surface area (Å²) in [6.07, 6.45) is 6.41. The minimum absolute atomic E-state index is 0.0948. The first kappa shape index (κ1) is 17.4. The highest BCUT2D eigenvalue weighted by Gasteiger charge is 2.55. The third kappa shape index (κ3) is 3.10. The molecule has 0 saturated heterocycles. The Labute approximate surface area is 150 Å². The van der Waals surface area contributed by atoms with E-state index in [9.17, 15) is 18.4 Å². The van der Waals surface area contributed by atoms with Crippen LogP contribution >= 0.6 is 0 Å². The van der Waals surface area contributed by atoms with Crippen molar-refractivity contribution in [3.8, 4) is 0 Å². The summed E-state index contributed by atoms with van der Waals surface area (Å²) in [5.41, 5.74) is -1.09. The van der Waals surface area contributed by atoms with Crippen LogP contribution in [0.4, 0.5) is 8.78 Å². The zero-order chi connectivity index (χ0) is 18.3. The number of hydrogen-bond acceptors (Lipinski definition) is 4. The van der Waals surface area contributed by atoms with Crippen molar-refractivity contribution in [1.82, 2.24) is 0 Å². The number of carbonyl (C=O) groups is 2. The van der Waals surface area contributed by atoms with Crippen LogP contribution in [-0.4, -0.2) is 25.2 Å². The molecule has 0 spiro atoms. The van der Waals surface area contributed by atoms with E-state index in [1.807, 2.05) is 0 Å². The van der Waals surface area contributed by atoms with Crippen molar-refractivity contribution < 1.29 is 27.8 Å². The van der Waals surface area contributed by atoms with Crippen LogP contribution in [-0.2, 0) is 14.3 Å². The van der Waals surface area contributed by atoms with Crippen molar-refractivity contribution in [3.05, 3.63) is 35.4 Å². The third-order valence-electron chi connectivity index (χ3n) is 6.19. The molecule has 140 valence electrons. The number of esters is 2. The van der Waals surface area contributed by atoms with Gasteiger partial charge in [-0.25, -0.2) is 13.6 Å². The van der Waals surface area contributed by atoms with Gasteiger partial charge in [-0.2, -0.15) is 0 Å². The van der Waals surface area contributed by atoms with E-state index in [1.54, 1.807) is 0 Å². The predicted octanol–water partition coefficient (Wildman–Crippen LogP) is 3.88. The van der Waals surface area contributed by atoms with Gasteiger partial charge in [0.05, 0.1) is 5.41 Å². The monoisotopic (exact) mass is 364 g/mol. The summed E-state index contributed by atoms with van der Waals surface area (Å²) in [6, 6.07) is 3.16. The van der Waals surface area contributed by atoms with Gasteiger partial charge >= 0.3 is 11.9 Å². The normalized spacial score (nSPS) is 31.7. The van der Waals surface area contributed by atoms with Crippen LogP contribution in [0.15, 0.2) is 18.2 Å². The minimum atomic E-state index is -1.09. The molecule has 6 heteroatoms. The lowest BCUT2D eigenvalue weighted by atomic mass is 9.49. The molecule has 0 atom stereocenters. The minimum Gasteiger partial charge on any atom is -0.462 e. The number of rotatable bonds is 5. The van der Waals surface area contributed by atoms with Gasteiger partial charge < -0.3 is 9.47 Å². The summed E-state index contributed by atoms with van der Waals surface area (Å²) in [5.74, 6) is -1.33. The van der Waals surface area contributed by atoms with Crippen LogP contribution in [0.1, 0.15) is 48.9 Å². The van der Waals surface area contributed by atoms with Crippen LogP contribution in [0, 0.1) is 34.8 Å². The van der Waals surface area contributed by atoms with Gasteiger partial charge in [-0.15, -0.1) is 0 Å². The molecule has 4 fully saturated rings. The molecule has 4 saturated carbocycles. The maximum atomic E-state index is 13.5. The lowest BCUT2D eigenvalue weighted by Gasteiger charge is -2.55. The Morgan fingerprint density at radius 2 is 1.42 bits per heavy atom. The Bertz CT molecular complexity index is 675. The van der Waals surface area contributed by atoms with Crippen molar-refractivity contribution in [2.24, 2.45) is 23.2 Å². The van der Waals surface area contributed by atoms with Gasteiger partial charge in [0.25, 0.3) is 0 Å².